The van der Waals surface area contributed by atoms with Gasteiger partial charge in [-0.15, -0.1) is 0 Å². The van der Waals surface area contributed by atoms with Crippen LogP contribution in [0, 0.1) is 23.2 Å². The molecule has 0 atom stereocenters. The number of amides is 1. The quantitative estimate of drug-likeness (QED) is 0.854. The first kappa shape index (κ1) is 14.4. The van der Waals surface area contributed by atoms with E-state index >= 15 is 0 Å². The zero-order valence-corrected chi connectivity index (χ0v) is 14.1. The molecule has 0 saturated heterocycles. The first-order chi connectivity index (χ1) is 10.2. The summed E-state index contributed by atoms with van der Waals surface area (Å²) < 4.78 is 0. The van der Waals surface area contributed by atoms with Gasteiger partial charge in [0.1, 0.15) is 0 Å². The van der Waals surface area contributed by atoms with E-state index in [-0.39, 0.29) is 5.41 Å². The summed E-state index contributed by atoms with van der Waals surface area (Å²) in [6.45, 7) is 0. The van der Waals surface area contributed by atoms with E-state index in [4.69, 9.17) is 0 Å². The Morgan fingerprint density at radius 1 is 0.952 bits per heavy atom. The van der Waals surface area contributed by atoms with Gasteiger partial charge in [0.2, 0.25) is 5.91 Å². The number of carbonyl (C=O) groups is 1. The molecular formula is C18H29NOS. The summed E-state index contributed by atoms with van der Waals surface area (Å²) in [6, 6.07) is 0.467. The average Bonchev–Trinajstić information content (AvgIpc) is 2.46. The molecule has 0 unspecified atom stereocenters. The van der Waals surface area contributed by atoms with E-state index < -0.39 is 0 Å². The predicted molar refractivity (Wildman–Crippen MR) is 88.3 cm³/mol. The van der Waals surface area contributed by atoms with Gasteiger partial charge in [-0.3, -0.25) is 4.79 Å². The molecule has 5 saturated carbocycles. The SMILES string of the molecule is CSC1CCC(NC(=O)C23CC4CC(CC(C4)C2)C3)CC1. The molecule has 0 aromatic heterocycles. The van der Waals surface area contributed by atoms with Crippen LogP contribution in [0.5, 0.6) is 0 Å². The van der Waals surface area contributed by atoms with Crippen LogP contribution in [0.4, 0.5) is 0 Å². The molecule has 5 fully saturated rings. The second kappa shape index (κ2) is 5.47. The highest BCUT2D eigenvalue weighted by molar-refractivity contribution is 7.99. The van der Waals surface area contributed by atoms with Crippen LogP contribution in [0.25, 0.3) is 0 Å². The second-order valence-corrected chi connectivity index (χ2v) is 9.52. The molecule has 0 aliphatic heterocycles. The van der Waals surface area contributed by atoms with Crippen molar-refractivity contribution in [1.82, 2.24) is 5.32 Å². The molecule has 4 bridgehead atoms. The molecule has 118 valence electrons. The number of hydrogen-bond donors (Lipinski definition) is 1. The van der Waals surface area contributed by atoms with Crippen LogP contribution in [0.1, 0.15) is 64.2 Å². The van der Waals surface area contributed by atoms with Crippen LogP contribution in [-0.2, 0) is 4.79 Å². The van der Waals surface area contributed by atoms with Gasteiger partial charge in [-0.25, -0.2) is 0 Å². The van der Waals surface area contributed by atoms with E-state index in [0.717, 1.165) is 23.0 Å². The Bertz CT molecular complexity index is 378. The Labute approximate surface area is 133 Å². The van der Waals surface area contributed by atoms with Gasteiger partial charge < -0.3 is 5.32 Å². The lowest BCUT2D eigenvalue weighted by molar-refractivity contribution is -0.147. The lowest BCUT2D eigenvalue weighted by Crippen LogP contribution is -2.55. The molecular weight excluding hydrogens is 278 g/mol. The molecule has 2 nitrogen and oxygen atoms in total. The van der Waals surface area contributed by atoms with E-state index in [1.54, 1.807) is 0 Å². The van der Waals surface area contributed by atoms with E-state index in [1.807, 2.05) is 11.8 Å². The van der Waals surface area contributed by atoms with Crippen molar-refractivity contribution in [2.24, 2.45) is 23.2 Å². The molecule has 5 aliphatic rings. The van der Waals surface area contributed by atoms with E-state index in [0.29, 0.717) is 11.9 Å². The van der Waals surface area contributed by atoms with Crippen molar-refractivity contribution in [3.8, 4) is 0 Å². The summed E-state index contributed by atoms with van der Waals surface area (Å²) in [5.74, 6) is 3.05. The summed E-state index contributed by atoms with van der Waals surface area (Å²) in [4.78, 5) is 13.0. The number of thioether (sulfide) groups is 1. The maximum absolute atomic E-state index is 13.0. The summed E-state index contributed by atoms with van der Waals surface area (Å²) in [5.41, 5.74) is 0.0467. The van der Waals surface area contributed by atoms with Crippen LogP contribution in [-0.4, -0.2) is 23.5 Å². The lowest BCUT2D eigenvalue weighted by atomic mass is 9.49. The standard InChI is InChI=1S/C18H29NOS/c1-21-16-4-2-15(3-5-16)19-17(20)18-9-12-6-13(10-18)8-14(7-12)11-18/h12-16H,2-11H2,1H3,(H,19,20). The summed E-state index contributed by atoms with van der Waals surface area (Å²) >= 11 is 2.00. The smallest absolute Gasteiger partial charge is 0.226 e. The fourth-order valence-electron chi connectivity index (χ4n) is 6.17. The maximum atomic E-state index is 13.0. The zero-order chi connectivity index (χ0) is 14.4. The van der Waals surface area contributed by atoms with Crippen molar-refractivity contribution in [2.45, 2.75) is 75.5 Å². The van der Waals surface area contributed by atoms with Crippen LogP contribution in [0.15, 0.2) is 0 Å². The van der Waals surface area contributed by atoms with Gasteiger partial charge >= 0.3 is 0 Å². The van der Waals surface area contributed by atoms with Gasteiger partial charge in [0.15, 0.2) is 0 Å². The van der Waals surface area contributed by atoms with Crippen molar-refractivity contribution < 1.29 is 4.79 Å². The highest BCUT2D eigenvalue weighted by Crippen LogP contribution is 2.60. The molecule has 0 aromatic carbocycles. The Morgan fingerprint density at radius 2 is 1.48 bits per heavy atom. The Balaban J connectivity index is 1.39. The van der Waals surface area contributed by atoms with Crippen molar-refractivity contribution in [3.63, 3.8) is 0 Å². The zero-order valence-electron chi connectivity index (χ0n) is 13.3. The van der Waals surface area contributed by atoms with Crippen molar-refractivity contribution in [2.75, 3.05) is 6.26 Å². The third-order valence-corrected chi connectivity index (χ3v) is 8.00. The number of carbonyl (C=O) groups excluding carboxylic acids is 1. The Hall–Kier alpha value is -0.180. The normalized spacial score (nSPS) is 48.3. The largest absolute Gasteiger partial charge is 0.353 e. The van der Waals surface area contributed by atoms with Gasteiger partial charge in [-0.05, 0) is 88.2 Å². The van der Waals surface area contributed by atoms with Gasteiger partial charge in [-0.2, -0.15) is 11.8 Å². The lowest BCUT2D eigenvalue weighted by Gasteiger charge is -2.56. The molecule has 5 aliphatic carbocycles. The highest BCUT2D eigenvalue weighted by Gasteiger charge is 2.54. The molecule has 0 radical (unpaired) electrons. The van der Waals surface area contributed by atoms with Gasteiger partial charge in [0.05, 0.1) is 0 Å². The molecule has 21 heavy (non-hydrogen) atoms. The molecule has 3 heteroatoms. The maximum Gasteiger partial charge on any atom is 0.226 e. The first-order valence-corrected chi connectivity index (χ1v) is 10.3. The van der Waals surface area contributed by atoms with Crippen molar-refractivity contribution in [1.29, 1.82) is 0 Å². The van der Waals surface area contributed by atoms with Gasteiger partial charge in [0, 0.05) is 16.7 Å². The second-order valence-electron chi connectivity index (χ2n) is 8.38. The number of rotatable bonds is 3. The summed E-state index contributed by atoms with van der Waals surface area (Å²) in [5, 5.41) is 4.30. The topological polar surface area (TPSA) is 29.1 Å². The van der Waals surface area contributed by atoms with E-state index in [2.05, 4.69) is 11.6 Å². The summed E-state index contributed by atoms with van der Waals surface area (Å²) in [6.07, 6.45) is 15.1. The van der Waals surface area contributed by atoms with Crippen LogP contribution in [0.3, 0.4) is 0 Å². The van der Waals surface area contributed by atoms with Gasteiger partial charge in [0.25, 0.3) is 0 Å². The number of nitrogens with one attached hydrogen (secondary N) is 1. The fraction of sp³-hybridized carbons (Fsp3) is 0.944. The predicted octanol–water partition coefficient (Wildman–Crippen LogP) is 3.99. The van der Waals surface area contributed by atoms with Crippen molar-refractivity contribution >= 4 is 17.7 Å². The molecule has 0 heterocycles. The number of hydrogen-bond acceptors (Lipinski definition) is 2. The Morgan fingerprint density at radius 3 is 1.95 bits per heavy atom. The third-order valence-electron chi connectivity index (χ3n) is 6.86. The molecule has 0 spiro atoms. The average molecular weight is 308 g/mol. The fourth-order valence-corrected chi connectivity index (χ4v) is 6.91. The van der Waals surface area contributed by atoms with Gasteiger partial charge in [-0.1, -0.05) is 0 Å². The first-order valence-electron chi connectivity index (χ1n) is 9.00. The highest BCUT2D eigenvalue weighted by atomic mass is 32.2. The molecule has 0 aromatic rings. The van der Waals surface area contributed by atoms with Crippen LogP contribution >= 0.6 is 11.8 Å². The Kier molecular flexibility index (Phi) is 3.76. The van der Waals surface area contributed by atoms with Crippen LogP contribution in [0.2, 0.25) is 0 Å². The minimum atomic E-state index is 0.0467. The monoisotopic (exact) mass is 307 g/mol. The molecule has 5 rings (SSSR count). The minimum absolute atomic E-state index is 0.0467. The summed E-state index contributed by atoms with van der Waals surface area (Å²) in [7, 11) is 0. The molecule has 1 amide bonds. The van der Waals surface area contributed by atoms with Crippen LogP contribution < -0.4 is 5.32 Å². The third kappa shape index (κ3) is 2.64. The van der Waals surface area contributed by atoms with Crippen molar-refractivity contribution in [3.05, 3.63) is 0 Å². The minimum Gasteiger partial charge on any atom is -0.353 e. The van der Waals surface area contributed by atoms with E-state index in [1.165, 1.54) is 64.2 Å². The molecule has 1 N–H and O–H groups in total. The van der Waals surface area contributed by atoms with E-state index in [9.17, 15) is 4.79 Å².